The van der Waals surface area contributed by atoms with Crippen LogP contribution in [0.2, 0.25) is 0 Å². The Bertz CT molecular complexity index is 282. The second-order valence-electron chi connectivity index (χ2n) is 4.44. The predicted molar refractivity (Wildman–Crippen MR) is 68.3 cm³/mol. The minimum atomic E-state index is -1.96. The number of aliphatic hydroxyl groups excluding tert-OH is 4. The Morgan fingerprint density at radius 1 is 1.11 bits per heavy atom. The van der Waals surface area contributed by atoms with Crippen LogP contribution in [0.4, 0.5) is 0 Å². The lowest BCUT2D eigenvalue weighted by atomic mass is 9.93. The van der Waals surface area contributed by atoms with Crippen LogP contribution >= 0.6 is 23.5 Å². The molecule has 0 unspecified atom stereocenters. The van der Waals surface area contributed by atoms with Crippen molar-refractivity contribution in [3.8, 4) is 0 Å². The van der Waals surface area contributed by atoms with Crippen molar-refractivity contribution in [3.05, 3.63) is 0 Å². The maximum Gasteiger partial charge on any atom is 0.216 e. The van der Waals surface area contributed by atoms with Crippen molar-refractivity contribution in [1.82, 2.24) is 0 Å². The van der Waals surface area contributed by atoms with Gasteiger partial charge in [0.25, 0.3) is 0 Å². The van der Waals surface area contributed by atoms with E-state index in [-0.39, 0.29) is 0 Å². The third-order valence-electron chi connectivity index (χ3n) is 3.16. The predicted octanol–water partition coefficient (Wildman–Crippen LogP) is -1.66. The minimum absolute atomic E-state index is 0.447. The van der Waals surface area contributed by atoms with Gasteiger partial charge in [0.1, 0.15) is 29.0 Å². The molecule has 0 bridgehead atoms. The molecule has 0 amide bonds. The molecule has 2 fully saturated rings. The van der Waals surface area contributed by atoms with Gasteiger partial charge in [-0.05, 0) is 17.9 Å². The molecule has 0 aliphatic carbocycles. The van der Waals surface area contributed by atoms with E-state index >= 15 is 0 Å². The summed E-state index contributed by atoms with van der Waals surface area (Å²) in [5.74, 6) is -0.293. The van der Waals surface area contributed by atoms with Crippen LogP contribution in [0, 0.1) is 0 Å². The molecule has 0 radical (unpaired) electrons. The van der Waals surface area contributed by atoms with Gasteiger partial charge in [0.15, 0.2) is 0 Å². The third kappa shape index (κ3) is 2.53. The van der Waals surface area contributed by atoms with Gasteiger partial charge in [0.05, 0.1) is 6.61 Å². The molecule has 5 atom stereocenters. The number of thioether (sulfide) groups is 2. The fourth-order valence-electron chi connectivity index (χ4n) is 2.10. The SMILES string of the molecule is OC[C@H]1O[C@@](O)(C2SCCCS2)[C@H](O)[C@@H](O)[C@@H]1O. The van der Waals surface area contributed by atoms with Crippen LogP contribution in [0.15, 0.2) is 0 Å². The van der Waals surface area contributed by atoms with E-state index in [9.17, 15) is 20.4 Å². The average Bonchev–Trinajstić information content (AvgIpc) is 2.41. The molecule has 2 aliphatic rings. The zero-order chi connectivity index (χ0) is 13.3. The zero-order valence-electron chi connectivity index (χ0n) is 9.68. The molecule has 0 saturated carbocycles. The van der Waals surface area contributed by atoms with Gasteiger partial charge in [-0.3, -0.25) is 0 Å². The molecule has 0 aromatic carbocycles. The first-order chi connectivity index (χ1) is 8.50. The van der Waals surface area contributed by atoms with E-state index in [1.54, 1.807) is 0 Å². The fourth-order valence-corrected chi connectivity index (χ4v) is 5.16. The van der Waals surface area contributed by atoms with E-state index in [1.807, 2.05) is 0 Å². The van der Waals surface area contributed by atoms with Crippen molar-refractivity contribution in [1.29, 1.82) is 0 Å². The first-order valence-electron chi connectivity index (χ1n) is 5.79. The molecule has 106 valence electrons. The lowest BCUT2D eigenvalue weighted by Gasteiger charge is -2.48. The van der Waals surface area contributed by atoms with E-state index in [2.05, 4.69) is 0 Å². The van der Waals surface area contributed by atoms with Gasteiger partial charge in [-0.1, -0.05) is 0 Å². The van der Waals surface area contributed by atoms with Crippen LogP contribution in [0.1, 0.15) is 6.42 Å². The van der Waals surface area contributed by atoms with Gasteiger partial charge in [-0.15, -0.1) is 23.5 Å². The molecule has 2 heterocycles. The van der Waals surface area contributed by atoms with E-state index in [4.69, 9.17) is 9.84 Å². The van der Waals surface area contributed by atoms with E-state index < -0.39 is 41.4 Å². The zero-order valence-corrected chi connectivity index (χ0v) is 11.3. The lowest BCUT2D eigenvalue weighted by Crippen LogP contribution is -2.68. The Labute approximate surface area is 113 Å². The van der Waals surface area contributed by atoms with Gasteiger partial charge in [-0.2, -0.15) is 0 Å². The molecule has 18 heavy (non-hydrogen) atoms. The fraction of sp³-hybridized carbons (Fsp3) is 1.00. The number of ether oxygens (including phenoxy) is 1. The molecule has 5 N–H and O–H groups in total. The Balaban J connectivity index is 2.18. The van der Waals surface area contributed by atoms with Gasteiger partial charge >= 0.3 is 0 Å². The van der Waals surface area contributed by atoms with Gasteiger partial charge in [0, 0.05) is 0 Å². The molecule has 0 aromatic heterocycles. The molecule has 2 saturated heterocycles. The van der Waals surface area contributed by atoms with Crippen LogP contribution in [0.25, 0.3) is 0 Å². The van der Waals surface area contributed by atoms with E-state index in [0.29, 0.717) is 0 Å². The highest BCUT2D eigenvalue weighted by molar-refractivity contribution is 8.17. The molecular formula is C10H18O6S2. The summed E-state index contributed by atoms with van der Waals surface area (Å²) in [5, 5.41) is 48.9. The van der Waals surface area contributed by atoms with Crippen molar-refractivity contribution < 1.29 is 30.3 Å². The number of aliphatic hydroxyl groups is 5. The summed E-state index contributed by atoms with van der Waals surface area (Å²) in [6.45, 7) is -0.532. The standard InChI is InChI=1S/C10H18O6S2/c11-4-5-6(12)7(13)8(14)10(15,16-5)9-17-2-1-3-18-9/h5-9,11-15H,1-4H2/t5-,6-,7+,8-,10-/m1/s1. The summed E-state index contributed by atoms with van der Waals surface area (Å²) in [6, 6.07) is 0. The first kappa shape index (κ1) is 14.9. The number of hydrogen-bond acceptors (Lipinski definition) is 8. The van der Waals surface area contributed by atoms with Crippen LogP contribution in [-0.2, 0) is 4.74 Å². The number of hydrogen-bond donors (Lipinski definition) is 5. The topological polar surface area (TPSA) is 110 Å². The summed E-state index contributed by atoms with van der Waals surface area (Å²) in [6.07, 6.45) is -4.64. The Hall–Kier alpha value is 0.460. The van der Waals surface area contributed by atoms with Gasteiger partial charge in [0.2, 0.25) is 5.79 Å². The summed E-state index contributed by atoms with van der Waals surface area (Å²) < 4.78 is 4.81. The Kier molecular flexibility index (Phi) is 4.82. The molecule has 0 aromatic rings. The molecule has 8 heteroatoms. The van der Waals surface area contributed by atoms with Crippen molar-refractivity contribution in [3.63, 3.8) is 0 Å². The van der Waals surface area contributed by atoms with Crippen molar-refractivity contribution >= 4 is 23.5 Å². The molecule has 0 spiro atoms. The minimum Gasteiger partial charge on any atom is -0.394 e. The summed E-state index contributed by atoms with van der Waals surface area (Å²) in [7, 11) is 0. The smallest absolute Gasteiger partial charge is 0.216 e. The molecular weight excluding hydrogens is 280 g/mol. The molecule has 6 nitrogen and oxygen atoms in total. The summed E-state index contributed by atoms with van der Waals surface area (Å²) in [5.41, 5.74) is 0. The average molecular weight is 298 g/mol. The van der Waals surface area contributed by atoms with Crippen LogP contribution in [-0.4, -0.2) is 78.4 Å². The van der Waals surface area contributed by atoms with Gasteiger partial charge < -0.3 is 30.3 Å². The second kappa shape index (κ2) is 5.84. The summed E-state index contributed by atoms with van der Waals surface area (Å²) in [4.78, 5) is 0. The maximum absolute atomic E-state index is 10.5. The van der Waals surface area contributed by atoms with E-state index in [1.165, 1.54) is 23.5 Å². The second-order valence-corrected chi connectivity index (χ2v) is 7.17. The van der Waals surface area contributed by atoms with Gasteiger partial charge in [-0.25, -0.2) is 0 Å². The molecule has 2 aliphatic heterocycles. The highest BCUT2D eigenvalue weighted by Crippen LogP contribution is 2.43. The molecule has 2 rings (SSSR count). The monoisotopic (exact) mass is 298 g/mol. The Morgan fingerprint density at radius 3 is 2.28 bits per heavy atom. The largest absolute Gasteiger partial charge is 0.394 e. The quantitative estimate of drug-likeness (QED) is 0.412. The number of rotatable bonds is 2. The van der Waals surface area contributed by atoms with Crippen LogP contribution < -0.4 is 0 Å². The highest BCUT2D eigenvalue weighted by atomic mass is 32.2. The first-order valence-corrected chi connectivity index (χ1v) is 7.89. The third-order valence-corrected chi connectivity index (χ3v) is 6.31. The lowest BCUT2D eigenvalue weighted by molar-refractivity contribution is -0.341. The van der Waals surface area contributed by atoms with E-state index in [0.717, 1.165) is 17.9 Å². The van der Waals surface area contributed by atoms with Crippen LogP contribution in [0.3, 0.4) is 0 Å². The van der Waals surface area contributed by atoms with Crippen molar-refractivity contribution in [2.75, 3.05) is 18.1 Å². The maximum atomic E-state index is 10.5. The van der Waals surface area contributed by atoms with Crippen molar-refractivity contribution in [2.24, 2.45) is 0 Å². The summed E-state index contributed by atoms with van der Waals surface area (Å²) >= 11 is 2.88. The highest BCUT2D eigenvalue weighted by Gasteiger charge is 2.57. The Morgan fingerprint density at radius 2 is 1.72 bits per heavy atom. The van der Waals surface area contributed by atoms with Crippen molar-refractivity contribution in [2.45, 2.75) is 41.2 Å². The normalized spacial score (nSPS) is 47.2. The van der Waals surface area contributed by atoms with Crippen LogP contribution in [0.5, 0.6) is 0 Å².